The SMILES string of the molecule is CN1CCN(CCCN2c3ccccc3Sc3ccc(C(C)(F)F)cc32)CC1. The number of piperazine rings is 1. The van der Waals surface area contributed by atoms with Crippen LogP contribution in [-0.4, -0.2) is 56.1 Å². The number of nitrogens with zero attached hydrogens (tertiary/aromatic N) is 3. The zero-order valence-electron chi connectivity index (χ0n) is 16.5. The maximum absolute atomic E-state index is 13.9. The highest BCUT2D eigenvalue weighted by Crippen LogP contribution is 2.49. The second kappa shape index (κ2) is 8.01. The lowest BCUT2D eigenvalue weighted by molar-refractivity contribution is 0.0174. The number of para-hydroxylation sites is 1. The molecule has 28 heavy (non-hydrogen) atoms. The zero-order valence-corrected chi connectivity index (χ0v) is 17.3. The van der Waals surface area contributed by atoms with E-state index in [0.29, 0.717) is 0 Å². The highest BCUT2D eigenvalue weighted by atomic mass is 32.2. The Hall–Kier alpha value is -1.63. The molecule has 0 bridgehead atoms. The summed E-state index contributed by atoms with van der Waals surface area (Å²) < 4.78 is 27.9. The van der Waals surface area contributed by atoms with Crippen molar-refractivity contribution >= 4 is 23.1 Å². The summed E-state index contributed by atoms with van der Waals surface area (Å²) in [6.07, 6.45) is 1.01. The molecule has 0 amide bonds. The van der Waals surface area contributed by atoms with Crippen LogP contribution in [0.2, 0.25) is 0 Å². The highest BCUT2D eigenvalue weighted by molar-refractivity contribution is 7.99. The summed E-state index contributed by atoms with van der Waals surface area (Å²) in [6.45, 7) is 7.27. The Morgan fingerprint density at radius 2 is 1.64 bits per heavy atom. The Balaban J connectivity index is 1.55. The lowest BCUT2D eigenvalue weighted by atomic mass is 10.1. The number of hydrogen-bond donors (Lipinski definition) is 0. The minimum Gasteiger partial charge on any atom is -0.340 e. The fraction of sp³-hybridized carbons (Fsp3) is 0.455. The van der Waals surface area contributed by atoms with Gasteiger partial charge in [0.2, 0.25) is 0 Å². The summed E-state index contributed by atoms with van der Waals surface area (Å²) in [5, 5.41) is 0. The Labute approximate surface area is 170 Å². The van der Waals surface area contributed by atoms with Gasteiger partial charge < -0.3 is 14.7 Å². The quantitative estimate of drug-likeness (QED) is 0.692. The summed E-state index contributed by atoms with van der Waals surface area (Å²) in [5.41, 5.74) is 2.10. The number of fused-ring (bicyclic) bond motifs is 2. The van der Waals surface area contributed by atoms with Crippen molar-refractivity contribution in [2.24, 2.45) is 0 Å². The predicted octanol–water partition coefficient (Wildman–Crippen LogP) is 5.04. The van der Waals surface area contributed by atoms with Gasteiger partial charge in [-0.1, -0.05) is 30.0 Å². The van der Waals surface area contributed by atoms with E-state index >= 15 is 0 Å². The third-order valence-corrected chi connectivity index (χ3v) is 6.71. The van der Waals surface area contributed by atoms with Crippen LogP contribution in [0.4, 0.5) is 20.2 Å². The van der Waals surface area contributed by atoms with Crippen LogP contribution in [0, 0.1) is 0 Å². The van der Waals surface area contributed by atoms with Gasteiger partial charge in [0.25, 0.3) is 5.92 Å². The fourth-order valence-electron chi connectivity index (χ4n) is 3.87. The lowest BCUT2D eigenvalue weighted by Gasteiger charge is -2.35. The van der Waals surface area contributed by atoms with Gasteiger partial charge in [0, 0.05) is 55.0 Å². The van der Waals surface area contributed by atoms with Gasteiger partial charge in [0.15, 0.2) is 0 Å². The number of alkyl halides is 2. The van der Waals surface area contributed by atoms with Gasteiger partial charge in [-0.15, -0.1) is 0 Å². The van der Waals surface area contributed by atoms with Crippen LogP contribution in [0.5, 0.6) is 0 Å². The first-order chi connectivity index (χ1) is 13.4. The fourth-order valence-corrected chi connectivity index (χ4v) is 4.94. The molecule has 150 valence electrons. The van der Waals surface area contributed by atoms with Crippen molar-refractivity contribution in [1.29, 1.82) is 0 Å². The van der Waals surface area contributed by atoms with Crippen LogP contribution in [0.1, 0.15) is 18.9 Å². The average Bonchev–Trinajstić information content (AvgIpc) is 2.68. The molecule has 0 unspecified atom stereocenters. The molecule has 1 saturated heterocycles. The molecule has 0 saturated carbocycles. The van der Waals surface area contributed by atoms with Crippen LogP contribution >= 0.6 is 11.8 Å². The molecular formula is C22H27F2N3S. The van der Waals surface area contributed by atoms with E-state index in [4.69, 9.17) is 0 Å². The molecule has 2 aromatic rings. The normalized spacial score (nSPS) is 18.1. The standard InChI is InChI=1S/C22H27F2N3S/c1-22(23,24)17-8-9-21-19(16-17)27(18-6-3-4-7-20(18)28-21)11-5-10-26-14-12-25(2)13-15-26/h3-4,6-9,16H,5,10-15H2,1-2H3. The molecule has 2 aliphatic rings. The number of halogens is 2. The van der Waals surface area contributed by atoms with Crippen molar-refractivity contribution in [3.8, 4) is 0 Å². The second-order valence-corrected chi connectivity index (χ2v) is 8.87. The number of benzene rings is 2. The predicted molar refractivity (Wildman–Crippen MR) is 112 cm³/mol. The summed E-state index contributed by atoms with van der Waals surface area (Å²) in [5.74, 6) is -2.83. The molecule has 0 N–H and O–H groups in total. The molecular weight excluding hydrogens is 376 g/mol. The van der Waals surface area contributed by atoms with Crippen molar-refractivity contribution < 1.29 is 8.78 Å². The van der Waals surface area contributed by atoms with Gasteiger partial charge in [-0.25, -0.2) is 8.78 Å². The van der Waals surface area contributed by atoms with Crippen LogP contribution in [0.15, 0.2) is 52.3 Å². The van der Waals surface area contributed by atoms with E-state index in [1.807, 2.05) is 18.2 Å². The Morgan fingerprint density at radius 1 is 0.929 bits per heavy atom. The molecule has 6 heteroatoms. The number of rotatable bonds is 5. The summed E-state index contributed by atoms with van der Waals surface area (Å²) >= 11 is 1.66. The second-order valence-electron chi connectivity index (χ2n) is 7.79. The maximum atomic E-state index is 13.9. The summed E-state index contributed by atoms with van der Waals surface area (Å²) in [4.78, 5) is 9.32. The van der Waals surface area contributed by atoms with E-state index in [2.05, 4.69) is 33.9 Å². The van der Waals surface area contributed by atoms with Crippen LogP contribution in [-0.2, 0) is 5.92 Å². The molecule has 0 atom stereocenters. The minimum absolute atomic E-state index is 0.0790. The molecule has 0 aromatic heterocycles. The van der Waals surface area contributed by atoms with Gasteiger partial charge in [-0.05, 0) is 44.3 Å². The van der Waals surface area contributed by atoms with Crippen LogP contribution in [0.3, 0.4) is 0 Å². The van der Waals surface area contributed by atoms with Crippen LogP contribution in [0.25, 0.3) is 0 Å². The van der Waals surface area contributed by atoms with E-state index < -0.39 is 5.92 Å². The van der Waals surface area contributed by atoms with Crippen molar-refractivity contribution in [2.75, 3.05) is 51.2 Å². The molecule has 3 nitrogen and oxygen atoms in total. The van der Waals surface area contributed by atoms with Crippen molar-refractivity contribution in [3.63, 3.8) is 0 Å². The number of likely N-dealkylation sites (N-methyl/N-ethyl adjacent to an activating group) is 1. The van der Waals surface area contributed by atoms with E-state index in [0.717, 1.165) is 68.9 Å². The first-order valence-corrected chi connectivity index (χ1v) is 10.7. The minimum atomic E-state index is -2.83. The van der Waals surface area contributed by atoms with Gasteiger partial charge in [-0.2, -0.15) is 0 Å². The van der Waals surface area contributed by atoms with Gasteiger partial charge in [-0.3, -0.25) is 0 Å². The average molecular weight is 404 g/mol. The van der Waals surface area contributed by atoms with E-state index in [1.54, 1.807) is 23.9 Å². The molecule has 2 aliphatic heterocycles. The molecule has 2 aromatic carbocycles. The van der Waals surface area contributed by atoms with E-state index in [-0.39, 0.29) is 5.56 Å². The number of hydrogen-bond acceptors (Lipinski definition) is 4. The molecule has 0 aliphatic carbocycles. The smallest absolute Gasteiger partial charge is 0.270 e. The first-order valence-electron chi connectivity index (χ1n) is 9.89. The highest BCUT2D eigenvalue weighted by Gasteiger charge is 2.29. The first kappa shape index (κ1) is 19.7. The molecule has 1 fully saturated rings. The molecule has 2 heterocycles. The lowest BCUT2D eigenvalue weighted by Crippen LogP contribution is -2.45. The largest absolute Gasteiger partial charge is 0.340 e. The van der Waals surface area contributed by atoms with Crippen LogP contribution < -0.4 is 4.90 Å². The summed E-state index contributed by atoms with van der Waals surface area (Å²) in [6, 6.07) is 13.3. The Morgan fingerprint density at radius 3 is 2.39 bits per heavy atom. The van der Waals surface area contributed by atoms with E-state index in [1.165, 1.54) is 4.90 Å². The zero-order chi connectivity index (χ0) is 19.7. The number of anilines is 2. The third-order valence-electron chi connectivity index (χ3n) is 5.58. The van der Waals surface area contributed by atoms with Gasteiger partial charge in [0.1, 0.15) is 0 Å². The van der Waals surface area contributed by atoms with Crippen molar-refractivity contribution in [2.45, 2.75) is 29.1 Å². The Kier molecular flexibility index (Phi) is 5.63. The third kappa shape index (κ3) is 4.19. The monoisotopic (exact) mass is 403 g/mol. The molecule has 0 spiro atoms. The molecule has 4 rings (SSSR count). The van der Waals surface area contributed by atoms with E-state index in [9.17, 15) is 8.78 Å². The summed E-state index contributed by atoms with van der Waals surface area (Å²) in [7, 11) is 2.16. The topological polar surface area (TPSA) is 9.72 Å². The maximum Gasteiger partial charge on any atom is 0.270 e. The van der Waals surface area contributed by atoms with Gasteiger partial charge in [0.05, 0.1) is 11.4 Å². The van der Waals surface area contributed by atoms with Crippen molar-refractivity contribution in [3.05, 3.63) is 48.0 Å². The van der Waals surface area contributed by atoms with Gasteiger partial charge >= 0.3 is 0 Å². The molecule has 0 radical (unpaired) electrons. The Bertz CT molecular complexity index is 829. The van der Waals surface area contributed by atoms with Crippen molar-refractivity contribution in [1.82, 2.24) is 9.80 Å².